The Hall–Kier alpha value is -1.43. The van der Waals surface area contributed by atoms with Crippen LogP contribution in [0.15, 0.2) is 14.0 Å². The number of hydrogen-bond acceptors (Lipinski definition) is 5. The van der Waals surface area contributed by atoms with Gasteiger partial charge in [-0.05, 0) is 6.92 Å². The lowest BCUT2D eigenvalue weighted by Crippen LogP contribution is -2.13. The molecule has 2 heterocycles. The van der Waals surface area contributed by atoms with Gasteiger partial charge in [0.05, 0.1) is 5.01 Å². The molecule has 2 aromatic heterocycles. The van der Waals surface area contributed by atoms with Crippen LogP contribution < -0.4 is 11.4 Å². The van der Waals surface area contributed by atoms with E-state index in [9.17, 15) is 9.59 Å². The van der Waals surface area contributed by atoms with Crippen molar-refractivity contribution in [3.63, 3.8) is 0 Å². The van der Waals surface area contributed by atoms with Crippen LogP contribution in [0, 0.1) is 6.92 Å². The van der Waals surface area contributed by atoms with Crippen LogP contribution in [-0.4, -0.2) is 9.97 Å². The molecule has 5 nitrogen and oxygen atoms in total. The number of fused-ring (bicyclic) bond motifs is 1. The lowest BCUT2D eigenvalue weighted by Gasteiger charge is -1.81. The monoisotopic (exact) mass is 184 g/mol. The van der Waals surface area contributed by atoms with Gasteiger partial charge in [-0.15, -0.1) is 11.3 Å². The number of aromatic nitrogens is 2. The number of aryl methyl sites for hydroxylation is 1. The summed E-state index contributed by atoms with van der Waals surface area (Å²) in [6.45, 7) is 1.75. The van der Waals surface area contributed by atoms with Crippen molar-refractivity contribution >= 4 is 21.7 Å². The van der Waals surface area contributed by atoms with E-state index >= 15 is 0 Å². The van der Waals surface area contributed by atoms with Gasteiger partial charge >= 0.3 is 11.4 Å². The Bertz CT molecular complexity index is 535. The minimum atomic E-state index is -0.766. The lowest BCUT2D eigenvalue weighted by molar-refractivity contribution is 0.460. The molecule has 1 N–H and O–H groups in total. The molecule has 0 aliphatic rings. The Kier molecular flexibility index (Phi) is 1.37. The van der Waals surface area contributed by atoms with Gasteiger partial charge < -0.3 is 4.42 Å². The first-order valence-electron chi connectivity index (χ1n) is 3.17. The summed E-state index contributed by atoms with van der Waals surface area (Å²) in [6, 6.07) is 0. The average molecular weight is 184 g/mol. The maximum Gasteiger partial charge on any atom is 0.420 e. The van der Waals surface area contributed by atoms with Crippen LogP contribution in [0.5, 0.6) is 0 Å². The van der Waals surface area contributed by atoms with E-state index in [1.807, 2.05) is 0 Å². The average Bonchev–Trinajstić information content (AvgIpc) is 2.29. The van der Waals surface area contributed by atoms with Crippen LogP contribution in [0.1, 0.15) is 5.01 Å². The van der Waals surface area contributed by atoms with Gasteiger partial charge in [0.25, 0.3) is 0 Å². The zero-order valence-corrected chi connectivity index (χ0v) is 6.90. The van der Waals surface area contributed by atoms with E-state index in [1.54, 1.807) is 6.92 Å². The lowest BCUT2D eigenvalue weighted by atomic mass is 10.6. The first-order valence-corrected chi connectivity index (χ1v) is 3.99. The number of thiazole rings is 1. The van der Waals surface area contributed by atoms with Gasteiger partial charge in [-0.3, -0.25) is 4.98 Å². The molecule has 2 rings (SSSR count). The van der Waals surface area contributed by atoms with Crippen molar-refractivity contribution in [1.29, 1.82) is 0 Å². The third-order valence-corrected chi connectivity index (χ3v) is 2.28. The molecule has 0 spiro atoms. The third-order valence-electron chi connectivity index (χ3n) is 1.33. The van der Waals surface area contributed by atoms with Gasteiger partial charge in [-0.25, -0.2) is 14.6 Å². The molecule has 0 fully saturated rings. The summed E-state index contributed by atoms with van der Waals surface area (Å²) in [4.78, 5) is 27.9. The minimum absolute atomic E-state index is 0.304. The van der Waals surface area contributed by atoms with Crippen molar-refractivity contribution in [3.05, 3.63) is 26.0 Å². The number of nitrogens with zero attached hydrogens (tertiary/aromatic N) is 1. The first-order chi connectivity index (χ1) is 5.66. The normalized spacial score (nSPS) is 10.8. The van der Waals surface area contributed by atoms with E-state index in [0.29, 0.717) is 10.3 Å². The molecule has 0 radical (unpaired) electrons. The Morgan fingerprint density at radius 1 is 1.50 bits per heavy atom. The molecule has 12 heavy (non-hydrogen) atoms. The second kappa shape index (κ2) is 2.28. The van der Waals surface area contributed by atoms with Gasteiger partial charge in [0.2, 0.25) is 0 Å². The number of rotatable bonds is 0. The molecule has 0 unspecified atom stereocenters. The Balaban J connectivity index is 3.08. The quantitative estimate of drug-likeness (QED) is 0.636. The molecule has 0 aliphatic heterocycles. The van der Waals surface area contributed by atoms with Gasteiger partial charge in [-0.1, -0.05) is 0 Å². The fourth-order valence-corrected chi connectivity index (χ4v) is 1.65. The Labute approximate surface area is 69.7 Å². The maximum atomic E-state index is 11.0. The van der Waals surface area contributed by atoms with E-state index in [-0.39, 0.29) is 0 Å². The summed E-state index contributed by atoms with van der Waals surface area (Å²) in [5.41, 5.74) is -0.321. The van der Waals surface area contributed by atoms with Gasteiger partial charge in [0.15, 0.2) is 10.3 Å². The van der Waals surface area contributed by atoms with E-state index in [2.05, 4.69) is 14.4 Å². The van der Waals surface area contributed by atoms with Crippen LogP contribution >= 0.6 is 11.3 Å². The molecular weight excluding hydrogens is 180 g/mol. The summed E-state index contributed by atoms with van der Waals surface area (Å²) in [7, 11) is 0. The highest BCUT2D eigenvalue weighted by Crippen LogP contribution is 2.13. The summed E-state index contributed by atoms with van der Waals surface area (Å²) in [6.07, 6.45) is 0. The van der Waals surface area contributed by atoms with Crippen molar-refractivity contribution in [2.45, 2.75) is 6.92 Å². The Morgan fingerprint density at radius 3 is 3.00 bits per heavy atom. The largest absolute Gasteiger partial charge is 0.420 e. The van der Waals surface area contributed by atoms with Crippen LogP contribution in [0.25, 0.3) is 10.3 Å². The van der Waals surface area contributed by atoms with Gasteiger partial charge in [-0.2, -0.15) is 0 Å². The topological polar surface area (TPSA) is 76.0 Å². The van der Waals surface area contributed by atoms with Crippen molar-refractivity contribution in [1.82, 2.24) is 9.97 Å². The predicted molar refractivity (Wildman–Crippen MR) is 43.5 cm³/mol. The summed E-state index contributed by atoms with van der Waals surface area (Å²) in [5.74, 6) is -0.766. The highest BCUT2D eigenvalue weighted by Gasteiger charge is 2.06. The number of hydrogen-bond donors (Lipinski definition) is 1. The van der Waals surface area contributed by atoms with Crippen molar-refractivity contribution in [3.8, 4) is 0 Å². The molecule has 2 aromatic rings. The SMILES string of the molecule is Cc1nc2[nH]c(=O)oc(=O)c2s1. The summed E-state index contributed by atoms with van der Waals surface area (Å²) in [5, 5.41) is 0.721. The predicted octanol–water partition coefficient (Wildman–Crippen LogP) is 0.246. The molecule has 0 bridgehead atoms. The molecule has 0 aliphatic carbocycles. The van der Waals surface area contributed by atoms with Crippen molar-refractivity contribution < 1.29 is 4.42 Å². The van der Waals surface area contributed by atoms with Crippen LogP contribution in [-0.2, 0) is 0 Å². The van der Waals surface area contributed by atoms with Crippen LogP contribution in [0.4, 0.5) is 0 Å². The number of aromatic amines is 1. The fraction of sp³-hybridized carbons (Fsp3) is 0.167. The standard InChI is InChI=1S/C6H4N2O3S/c1-2-7-4-3(12-2)5(9)11-6(10)8-4/h1H3,(H,8,10). The molecule has 0 amide bonds. The first kappa shape index (κ1) is 7.23. The second-order valence-electron chi connectivity index (χ2n) is 2.21. The number of H-pyrrole nitrogens is 1. The molecular formula is C6H4N2O3S. The molecule has 0 atom stereocenters. The van der Waals surface area contributed by atoms with Crippen LogP contribution in [0.2, 0.25) is 0 Å². The third kappa shape index (κ3) is 0.964. The maximum absolute atomic E-state index is 11.0. The summed E-state index contributed by atoms with van der Waals surface area (Å²) < 4.78 is 4.66. The molecule has 6 heteroatoms. The fourth-order valence-electron chi connectivity index (χ4n) is 0.903. The zero-order valence-electron chi connectivity index (χ0n) is 6.08. The van der Waals surface area contributed by atoms with E-state index in [1.165, 1.54) is 11.3 Å². The zero-order chi connectivity index (χ0) is 8.72. The highest BCUT2D eigenvalue weighted by atomic mass is 32.1. The van der Waals surface area contributed by atoms with Crippen molar-refractivity contribution in [2.75, 3.05) is 0 Å². The van der Waals surface area contributed by atoms with E-state index < -0.39 is 11.4 Å². The highest BCUT2D eigenvalue weighted by molar-refractivity contribution is 7.18. The summed E-state index contributed by atoms with van der Waals surface area (Å²) >= 11 is 1.20. The number of nitrogens with one attached hydrogen (secondary N) is 1. The van der Waals surface area contributed by atoms with Gasteiger partial charge in [0, 0.05) is 0 Å². The molecule has 0 aromatic carbocycles. The van der Waals surface area contributed by atoms with Crippen LogP contribution in [0.3, 0.4) is 0 Å². The van der Waals surface area contributed by atoms with E-state index in [4.69, 9.17) is 0 Å². The molecule has 0 saturated heterocycles. The Morgan fingerprint density at radius 2 is 2.25 bits per heavy atom. The van der Waals surface area contributed by atoms with Gasteiger partial charge in [0.1, 0.15) is 0 Å². The van der Waals surface area contributed by atoms with E-state index in [0.717, 1.165) is 5.01 Å². The smallest absolute Gasteiger partial charge is 0.372 e. The second-order valence-corrected chi connectivity index (χ2v) is 3.42. The molecule has 0 saturated carbocycles. The minimum Gasteiger partial charge on any atom is -0.372 e. The molecule has 62 valence electrons. The van der Waals surface area contributed by atoms with Crippen molar-refractivity contribution in [2.24, 2.45) is 0 Å².